The van der Waals surface area contributed by atoms with Crippen LogP contribution in [0.5, 0.6) is 0 Å². The van der Waals surface area contributed by atoms with Crippen molar-refractivity contribution in [1.82, 2.24) is 9.55 Å². The Hall–Kier alpha value is -3.20. The van der Waals surface area contributed by atoms with Crippen molar-refractivity contribution < 1.29 is 23.9 Å². The number of amides is 1. The molecule has 2 heterocycles. The fraction of sp³-hybridized carbons (Fsp3) is 0.333. The molecule has 0 radical (unpaired) electrons. The zero-order valence-corrected chi connectivity index (χ0v) is 18.3. The van der Waals surface area contributed by atoms with Crippen LogP contribution >= 0.6 is 11.3 Å². The molecule has 0 saturated carbocycles. The summed E-state index contributed by atoms with van der Waals surface area (Å²) in [6.07, 6.45) is 1.06. The minimum atomic E-state index is -0.635. The van der Waals surface area contributed by atoms with E-state index in [0.29, 0.717) is 4.88 Å². The second-order valence-electron chi connectivity index (χ2n) is 7.76. The Labute approximate surface area is 177 Å². The normalized spacial score (nSPS) is 11.4. The highest BCUT2D eigenvalue weighted by Gasteiger charge is 2.20. The molecule has 1 aromatic carbocycles. The smallest absolute Gasteiger partial charge is 0.413 e. The zero-order chi connectivity index (χ0) is 22.1. The molecular weight excluding hydrogens is 406 g/mol. The van der Waals surface area contributed by atoms with Crippen molar-refractivity contribution in [3.8, 4) is 0 Å². The summed E-state index contributed by atoms with van der Waals surface area (Å²) in [5, 5.41) is 3.41. The number of ether oxygens (including phenoxy) is 2. The molecule has 1 N–H and O–H groups in total. The van der Waals surface area contributed by atoms with Crippen molar-refractivity contribution in [1.29, 1.82) is 0 Å². The van der Waals surface area contributed by atoms with Gasteiger partial charge in [0, 0.05) is 24.4 Å². The molecule has 0 bridgehead atoms. The highest BCUT2D eigenvalue weighted by Crippen LogP contribution is 2.27. The number of rotatable bonds is 5. The van der Waals surface area contributed by atoms with E-state index in [0.717, 1.165) is 15.6 Å². The lowest BCUT2D eigenvalue weighted by Gasteiger charge is -2.18. The van der Waals surface area contributed by atoms with Crippen LogP contribution in [0.25, 0.3) is 10.1 Å². The predicted molar refractivity (Wildman–Crippen MR) is 114 cm³/mol. The van der Waals surface area contributed by atoms with Crippen LogP contribution in [0.1, 0.15) is 46.6 Å². The van der Waals surface area contributed by atoms with Crippen molar-refractivity contribution in [2.45, 2.75) is 32.8 Å². The number of carbonyl (C=O) groups is 3. The molecule has 0 aliphatic carbocycles. The zero-order valence-electron chi connectivity index (χ0n) is 17.4. The number of esters is 1. The molecule has 9 heteroatoms. The molecule has 2 aromatic heterocycles. The van der Waals surface area contributed by atoms with E-state index < -0.39 is 11.7 Å². The van der Waals surface area contributed by atoms with Gasteiger partial charge >= 0.3 is 12.1 Å². The van der Waals surface area contributed by atoms with Crippen molar-refractivity contribution in [3.05, 3.63) is 46.7 Å². The molecule has 8 nitrogen and oxygen atoms in total. The first-order chi connectivity index (χ1) is 14.1. The van der Waals surface area contributed by atoms with Gasteiger partial charge in [-0.1, -0.05) is 6.07 Å². The number of hydrogen-bond acceptors (Lipinski definition) is 7. The summed E-state index contributed by atoms with van der Waals surface area (Å²) in [5.41, 5.74) is 0.164. The third-order valence-electron chi connectivity index (χ3n) is 4.09. The molecule has 0 atom stereocenters. The molecule has 0 aliphatic rings. The lowest BCUT2D eigenvalue weighted by molar-refractivity contribution is 0.0603. The average Bonchev–Trinajstić information content (AvgIpc) is 3.22. The third-order valence-corrected chi connectivity index (χ3v) is 5.18. The maximum Gasteiger partial charge on any atom is 0.413 e. The second-order valence-corrected chi connectivity index (χ2v) is 8.85. The van der Waals surface area contributed by atoms with Crippen molar-refractivity contribution in [2.24, 2.45) is 7.05 Å². The van der Waals surface area contributed by atoms with Gasteiger partial charge in [-0.2, -0.15) is 0 Å². The Morgan fingerprint density at radius 3 is 2.60 bits per heavy atom. The number of ketones is 1. The monoisotopic (exact) mass is 429 g/mol. The minimum absolute atomic E-state index is 0.135. The fourth-order valence-corrected chi connectivity index (χ4v) is 3.82. The van der Waals surface area contributed by atoms with Crippen LogP contribution in [0.2, 0.25) is 0 Å². The van der Waals surface area contributed by atoms with Crippen LogP contribution in [0.15, 0.2) is 30.5 Å². The molecule has 0 unspecified atom stereocenters. The summed E-state index contributed by atoms with van der Waals surface area (Å²) in [4.78, 5) is 41.1. The first-order valence-electron chi connectivity index (χ1n) is 9.23. The molecule has 3 aromatic rings. The molecule has 0 fully saturated rings. The van der Waals surface area contributed by atoms with E-state index in [-0.39, 0.29) is 29.8 Å². The van der Waals surface area contributed by atoms with Crippen molar-refractivity contribution in [2.75, 3.05) is 12.4 Å². The Morgan fingerprint density at radius 1 is 1.20 bits per heavy atom. The number of fused-ring (bicyclic) bond motifs is 1. The molecular formula is C21H23N3O5S. The summed E-state index contributed by atoms with van der Waals surface area (Å²) in [6.45, 7) is 5.29. The van der Waals surface area contributed by atoms with Crippen molar-refractivity contribution >= 4 is 45.1 Å². The number of hydrogen-bond donors (Lipinski definition) is 1. The molecule has 30 heavy (non-hydrogen) atoms. The average molecular weight is 429 g/mol. The Balaban J connectivity index is 1.73. The maximum absolute atomic E-state index is 12.8. The van der Waals surface area contributed by atoms with E-state index in [1.807, 2.05) is 18.2 Å². The van der Waals surface area contributed by atoms with E-state index in [1.165, 1.54) is 18.4 Å². The number of nitrogens with one attached hydrogen (secondary N) is 1. The number of thiophene rings is 1. The van der Waals surface area contributed by atoms with Gasteiger partial charge in [-0.15, -0.1) is 11.3 Å². The minimum Gasteiger partial charge on any atom is -0.465 e. The molecule has 1 amide bonds. The van der Waals surface area contributed by atoms with Gasteiger partial charge < -0.3 is 14.0 Å². The number of nitrogens with zero attached hydrogens (tertiary/aromatic N) is 2. The van der Waals surface area contributed by atoms with Crippen LogP contribution in [0, 0.1) is 0 Å². The maximum atomic E-state index is 12.8. The molecule has 0 aliphatic heterocycles. The quantitative estimate of drug-likeness (QED) is 0.482. The fourth-order valence-electron chi connectivity index (χ4n) is 2.86. The Bertz CT molecular complexity index is 1120. The van der Waals surface area contributed by atoms with Crippen LogP contribution in [0.3, 0.4) is 0 Å². The molecule has 0 spiro atoms. The van der Waals surface area contributed by atoms with Gasteiger partial charge in [0.2, 0.25) is 5.78 Å². The number of anilines is 1. The third kappa shape index (κ3) is 5.04. The van der Waals surface area contributed by atoms with Gasteiger partial charge in [0.15, 0.2) is 11.6 Å². The van der Waals surface area contributed by atoms with Crippen molar-refractivity contribution in [3.63, 3.8) is 0 Å². The van der Waals surface area contributed by atoms with Gasteiger partial charge in [0.25, 0.3) is 0 Å². The number of benzene rings is 1. The largest absolute Gasteiger partial charge is 0.465 e. The topological polar surface area (TPSA) is 99.5 Å². The molecule has 0 saturated heterocycles. The number of imidazole rings is 1. The van der Waals surface area contributed by atoms with E-state index in [1.54, 1.807) is 44.6 Å². The Morgan fingerprint density at radius 2 is 1.93 bits per heavy atom. The summed E-state index contributed by atoms with van der Waals surface area (Å²) < 4.78 is 12.5. The summed E-state index contributed by atoms with van der Waals surface area (Å²) >= 11 is 1.34. The first-order valence-corrected chi connectivity index (χ1v) is 10.0. The van der Waals surface area contributed by atoms with Gasteiger partial charge in [0.05, 0.1) is 7.11 Å². The SMILES string of the molecule is COC(=O)c1cc2cc(CC(=O)c3nc(NC(=O)OC(C)(C)C)cn3C)ccc2s1. The van der Waals surface area contributed by atoms with E-state index in [2.05, 4.69) is 10.3 Å². The van der Waals surface area contributed by atoms with Crippen LogP contribution < -0.4 is 5.32 Å². The summed E-state index contributed by atoms with van der Waals surface area (Å²) in [5.74, 6) is -0.114. The Kier molecular flexibility index (Phi) is 5.93. The standard InChI is InChI=1S/C21H23N3O5S/c1-21(2,3)29-20(27)23-17-11-24(4)18(22-17)14(25)9-12-6-7-15-13(8-12)10-16(30-15)19(26)28-5/h6-8,10-11H,9H2,1-5H3,(H,23,27). The molecule has 3 rings (SSSR count). The van der Waals surface area contributed by atoms with Gasteiger partial charge in [-0.05, 0) is 49.9 Å². The highest BCUT2D eigenvalue weighted by atomic mass is 32.1. The van der Waals surface area contributed by atoms with Gasteiger partial charge in [-0.3, -0.25) is 10.1 Å². The van der Waals surface area contributed by atoms with E-state index >= 15 is 0 Å². The highest BCUT2D eigenvalue weighted by molar-refractivity contribution is 7.20. The van der Waals surface area contributed by atoms with E-state index in [9.17, 15) is 14.4 Å². The lowest BCUT2D eigenvalue weighted by atomic mass is 10.1. The number of Topliss-reactive ketones (excluding diaryl/α,β-unsaturated/α-hetero) is 1. The number of aromatic nitrogens is 2. The molecule has 158 valence electrons. The lowest BCUT2D eigenvalue weighted by Crippen LogP contribution is -2.27. The first kappa shape index (κ1) is 21.5. The van der Waals surface area contributed by atoms with Gasteiger partial charge in [0.1, 0.15) is 10.5 Å². The van der Waals surface area contributed by atoms with Crippen LogP contribution in [-0.4, -0.2) is 40.1 Å². The van der Waals surface area contributed by atoms with Crippen LogP contribution in [-0.2, 0) is 22.9 Å². The number of aryl methyl sites for hydroxylation is 1. The predicted octanol–water partition coefficient (Wildman–Crippen LogP) is 4.19. The van der Waals surface area contributed by atoms with E-state index in [4.69, 9.17) is 9.47 Å². The summed E-state index contributed by atoms with van der Waals surface area (Å²) in [7, 11) is 3.03. The van der Waals surface area contributed by atoms with Crippen LogP contribution in [0.4, 0.5) is 10.6 Å². The number of methoxy groups -OCH3 is 1. The second kappa shape index (κ2) is 8.27. The summed E-state index contributed by atoms with van der Waals surface area (Å²) in [6, 6.07) is 7.35. The van der Waals surface area contributed by atoms with Gasteiger partial charge in [-0.25, -0.2) is 14.6 Å². The number of carbonyl (C=O) groups excluding carboxylic acids is 3.